The van der Waals surface area contributed by atoms with E-state index in [0.717, 1.165) is 0 Å². The Morgan fingerprint density at radius 1 is 0.931 bits per heavy atom. The Kier molecular flexibility index (Phi) is 4.69. The zero-order chi connectivity index (χ0) is 20.9. The second-order valence-electron chi connectivity index (χ2n) is 6.65. The van der Waals surface area contributed by atoms with Gasteiger partial charge in [0.25, 0.3) is 0 Å². The maximum atomic E-state index is 14.9. The molecule has 0 amide bonds. The predicted molar refractivity (Wildman–Crippen MR) is 102 cm³/mol. The highest BCUT2D eigenvalue weighted by molar-refractivity contribution is 6.33. The molecule has 2 N–H and O–H groups in total. The van der Waals surface area contributed by atoms with Crippen molar-refractivity contribution in [3.05, 3.63) is 23.0 Å². The minimum absolute atomic E-state index is 0.0877. The van der Waals surface area contributed by atoms with Crippen molar-refractivity contribution in [2.75, 3.05) is 31.2 Å². The van der Waals surface area contributed by atoms with E-state index in [1.54, 1.807) is 13.8 Å². The van der Waals surface area contributed by atoms with Gasteiger partial charge in [-0.3, -0.25) is 0 Å². The molecular weight excluding hydrogens is 383 g/mol. The van der Waals surface area contributed by atoms with E-state index in [1.165, 1.54) is 0 Å². The fraction of sp³-hybridized carbons (Fsp3) is 0.333. The molecule has 3 aromatic rings. The fourth-order valence-corrected chi connectivity index (χ4v) is 3.08. The van der Waals surface area contributed by atoms with Crippen molar-refractivity contribution >= 4 is 30.4 Å². The van der Waals surface area contributed by atoms with E-state index in [4.69, 9.17) is 12.6 Å². The van der Waals surface area contributed by atoms with Crippen LogP contribution in [0.2, 0.25) is 0 Å². The number of benzene rings is 1. The van der Waals surface area contributed by atoms with Gasteiger partial charge in [0.15, 0.2) is 23.0 Å². The maximum absolute atomic E-state index is 14.9. The number of aromatic hydroxyl groups is 2. The van der Waals surface area contributed by atoms with Crippen LogP contribution in [0, 0.1) is 25.5 Å². The molecule has 8 nitrogen and oxygen atoms in total. The Bertz CT molecular complexity index is 1110. The molecule has 1 aliphatic heterocycles. The van der Waals surface area contributed by atoms with Crippen molar-refractivity contribution in [2.24, 2.45) is 0 Å². The molecule has 0 unspecified atom stereocenters. The van der Waals surface area contributed by atoms with Gasteiger partial charge in [0.05, 0.1) is 30.2 Å². The molecule has 0 atom stereocenters. The van der Waals surface area contributed by atoms with Crippen LogP contribution >= 0.6 is 0 Å². The van der Waals surface area contributed by atoms with Crippen LogP contribution in [0.1, 0.15) is 11.4 Å². The molecular formula is C18H16BF2N5O3. The molecule has 148 valence electrons. The highest BCUT2D eigenvalue weighted by Crippen LogP contribution is 2.40. The second kappa shape index (κ2) is 7.07. The number of hydrogen-bond acceptors (Lipinski definition) is 8. The summed E-state index contributed by atoms with van der Waals surface area (Å²) in [6, 6.07) is 0. The van der Waals surface area contributed by atoms with Gasteiger partial charge < -0.3 is 19.8 Å². The summed E-state index contributed by atoms with van der Waals surface area (Å²) in [5, 5.41) is 20.2. The lowest BCUT2D eigenvalue weighted by molar-refractivity contribution is 0.122. The third kappa shape index (κ3) is 3.11. The first kappa shape index (κ1) is 19.3. The van der Waals surface area contributed by atoms with Gasteiger partial charge in [-0.05, 0) is 19.3 Å². The molecule has 1 fully saturated rings. The smallest absolute Gasteiger partial charge is 0.228 e. The van der Waals surface area contributed by atoms with E-state index in [2.05, 4.69) is 19.9 Å². The third-order valence-corrected chi connectivity index (χ3v) is 4.82. The number of rotatable bonds is 2. The molecule has 29 heavy (non-hydrogen) atoms. The number of anilines is 1. The van der Waals surface area contributed by atoms with Gasteiger partial charge in [0.1, 0.15) is 24.9 Å². The van der Waals surface area contributed by atoms with Gasteiger partial charge in [0, 0.05) is 13.1 Å². The zero-order valence-electron chi connectivity index (χ0n) is 15.7. The van der Waals surface area contributed by atoms with E-state index in [-0.39, 0.29) is 22.8 Å². The third-order valence-electron chi connectivity index (χ3n) is 4.82. The minimum atomic E-state index is -1.45. The Morgan fingerprint density at radius 3 is 2.28 bits per heavy atom. The van der Waals surface area contributed by atoms with Crippen LogP contribution in [0.5, 0.6) is 11.5 Å². The van der Waals surface area contributed by atoms with Gasteiger partial charge in [-0.25, -0.2) is 23.7 Å². The van der Waals surface area contributed by atoms with Crippen LogP contribution in [0.25, 0.3) is 22.4 Å². The average Bonchev–Trinajstić information content (AvgIpc) is 2.72. The lowest BCUT2D eigenvalue weighted by atomic mass is 9.90. The second-order valence-corrected chi connectivity index (χ2v) is 6.65. The van der Waals surface area contributed by atoms with Crippen LogP contribution < -0.4 is 10.4 Å². The van der Waals surface area contributed by atoms with Gasteiger partial charge in [-0.1, -0.05) is 0 Å². The normalized spacial score (nSPS) is 14.6. The summed E-state index contributed by atoms with van der Waals surface area (Å²) in [4.78, 5) is 19.4. The number of phenolic OH excluding ortho intramolecular Hbond substituents is 2. The van der Waals surface area contributed by atoms with Crippen molar-refractivity contribution < 1.29 is 23.7 Å². The first-order valence-corrected chi connectivity index (χ1v) is 8.84. The van der Waals surface area contributed by atoms with Crippen molar-refractivity contribution in [3.8, 4) is 22.8 Å². The molecule has 1 saturated heterocycles. The largest absolute Gasteiger partial charge is 0.504 e. The zero-order valence-corrected chi connectivity index (χ0v) is 15.7. The van der Waals surface area contributed by atoms with Crippen molar-refractivity contribution in [3.63, 3.8) is 0 Å². The van der Waals surface area contributed by atoms with Crippen LogP contribution in [-0.2, 0) is 4.74 Å². The number of ether oxygens (including phenoxy) is 1. The molecule has 1 aliphatic rings. The summed E-state index contributed by atoms with van der Waals surface area (Å²) >= 11 is 0. The Labute approximate surface area is 165 Å². The molecule has 0 bridgehead atoms. The summed E-state index contributed by atoms with van der Waals surface area (Å²) < 4.78 is 34.1. The number of morpholine rings is 1. The number of hydrogen-bond donors (Lipinski definition) is 2. The SMILES string of the molecule is [B]c1c(F)c(O)c(O)c(-c2nc(N3CCOCC3)nc3nc(C)c(C)nc23)c1F. The van der Waals surface area contributed by atoms with Gasteiger partial charge in [0.2, 0.25) is 5.95 Å². The number of fused-ring (bicyclic) bond motifs is 1. The lowest BCUT2D eigenvalue weighted by Crippen LogP contribution is -2.37. The molecule has 3 heterocycles. The molecule has 1 aromatic carbocycles. The molecule has 0 aliphatic carbocycles. The van der Waals surface area contributed by atoms with Crippen molar-refractivity contribution in [2.45, 2.75) is 13.8 Å². The van der Waals surface area contributed by atoms with E-state index in [9.17, 15) is 19.0 Å². The Hall–Kier alpha value is -3.08. The summed E-state index contributed by atoms with van der Waals surface area (Å²) in [6.07, 6.45) is 0. The number of aromatic nitrogens is 4. The summed E-state index contributed by atoms with van der Waals surface area (Å²) in [6.45, 7) is 5.35. The number of halogens is 2. The van der Waals surface area contributed by atoms with Crippen molar-refractivity contribution in [1.29, 1.82) is 0 Å². The summed E-state index contributed by atoms with van der Waals surface area (Å²) in [5.74, 6) is -4.69. The Morgan fingerprint density at radius 2 is 1.59 bits per heavy atom. The average molecular weight is 399 g/mol. The van der Waals surface area contributed by atoms with Gasteiger partial charge in [-0.15, -0.1) is 0 Å². The van der Waals surface area contributed by atoms with Crippen molar-refractivity contribution in [1.82, 2.24) is 19.9 Å². The number of phenols is 2. The van der Waals surface area contributed by atoms with Crippen LogP contribution in [0.4, 0.5) is 14.7 Å². The summed E-state index contributed by atoms with van der Waals surface area (Å²) in [7, 11) is 5.44. The fourth-order valence-electron chi connectivity index (χ4n) is 3.08. The first-order valence-electron chi connectivity index (χ1n) is 8.84. The van der Waals surface area contributed by atoms with Crippen LogP contribution in [0.3, 0.4) is 0 Å². The molecule has 4 rings (SSSR count). The molecule has 11 heteroatoms. The highest BCUT2D eigenvalue weighted by Gasteiger charge is 2.28. The van der Waals surface area contributed by atoms with E-state index in [1.807, 2.05) is 4.90 Å². The Balaban J connectivity index is 2.07. The first-order chi connectivity index (χ1) is 13.8. The molecule has 0 spiro atoms. The summed E-state index contributed by atoms with van der Waals surface area (Å²) in [5.41, 5.74) is -0.246. The molecule has 2 radical (unpaired) electrons. The topological polar surface area (TPSA) is 104 Å². The minimum Gasteiger partial charge on any atom is -0.504 e. The number of nitrogens with zero attached hydrogens (tertiary/aromatic N) is 5. The predicted octanol–water partition coefficient (Wildman–Crippen LogP) is 1.02. The van der Waals surface area contributed by atoms with E-state index in [0.29, 0.717) is 37.7 Å². The monoisotopic (exact) mass is 399 g/mol. The standard InChI is InChI=1S/C18H16BF2N5O3/c1-7-8(2)23-17-14(22-7)13(24-18(25-17)26-3-5-29-6-4-26)9-11(20)10(19)12(21)16(28)15(9)27/h27-28H,3-6H2,1-2H3. The van der Waals surface area contributed by atoms with Gasteiger partial charge >= 0.3 is 0 Å². The van der Waals surface area contributed by atoms with E-state index >= 15 is 0 Å². The number of aryl methyl sites for hydroxylation is 2. The highest BCUT2D eigenvalue weighted by atomic mass is 19.1. The van der Waals surface area contributed by atoms with E-state index < -0.39 is 34.2 Å². The maximum Gasteiger partial charge on any atom is 0.228 e. The van der Waals surface area contributed by atoms with Crippen LogP contribution in [-0.4, -0.2) is 64.3 Å². The molecule has 2 aromatic heterocycles. The lowest BCUT2D eigenvalue weighted by Gasteiger charge is -2.27. The quantitative estimate of drug-likeness (QED) is 0.487. The molecule has 0 saturated carbocycles. The van der Waals surface area contributed by atoms with Crippen LogP contribution in [0.15, 0.2) is 0 Å². The van der Waals surface area contributed by atoms with Gasteiger partial charge in [-0.2, -0.15) is 4.98 Å².